The van der Waals surface area contributed by atoms with Gasteiger partial charge in [0, 0.05) is 16.7 Å². The smallest absolute Gasteiger partial charge is 0.225 e. The Bertz CT molecular complexity index is 1240. The average Bonchev–Trinajstić information content (AvgIpc) is 2.66. The van der Waals surface area contributed by atoms with Gasteiger partial charge in [0.25, 0.3) is 0 Å². The molecule has 3 rings (SSSR count). The molecule has 0 radical (unpaired) electrons. The van der Waals surface area contributed by atoms with Gasteiger partial charge in [-0.25, -0.2) is 35.5 Å². The lowest BCUT2D eigenvalue weighted by Gasteiger charge is -2.17. The first-order chi connectivity index (χ1) is 13.4. The van der Waals surface area contributed by atoms with Crippen molar-refractivity contribution in [2.45, 2.75) is 4.90 Å². The van der Waals surface area contributed by atoms with E-state index in [0.717, 1.165) is 24.3 Å². The Kier molecular flexibility index (Phi) is 5.61. The maximum Gasteiger partial charge on any atom is 0.238 e. The van der Waals surface area contributed by atoms with Crippen molar-refractivity contribution >= 4 is 33.2 Å². The third-order valence-electron chi connectivity index (χ3n) is 4.00. The molecular formula is C18H8Cl2F5NO2S. The molecule has 0 amide bonds. The molecule has 0 aliphatic rings. The molecule has 0 aliphatic heterocycles. The van der Waals surface area contributed by atoms with Crippen LogP contribution in [-0.2, 0) is 10.0 Å². The van der Waals surface area contributed by atoms with Crippen LogP contribution in [0.25, 0.3) is 22.3 Å². The zero-order valence-electron chi connectivity index (χ0n) is 13.9. The van der Waals surface area contributed by atoms with Gasteiger partial charge in [0.1, 0.15) is 0 Å². The molecule has 0 heterocycles. The van der Waals surface area contributed by atoms with Crippen molar-refractivity contribution in [3.8, 4) is 22.3 Å². The Hall–Kier alpha value is -2.20. The normalized spacial score (nSPS) is 11.7. The van der Waals surface area contributed by atoms with Gasteiger partial charge in [0.2, 0.25) is 10.0 Å². The fraction of sp³-hybridized carbons (Fsp3) is 0. The lowest BCUT2D eigenvalue weighted by Crippen LogP contribution is -2.14. The van der Waals surface area contributed by atoms with Gasteiger partial charge in [-0.05, 0) is 23.8 Å². The lowest BCUT2D eigenvalue weighted by molar-refractivity contribution is 0.412. The van der Waals surface area contributed by atoms with Gasteiger partial charge >= 0.3 is 0 Å². The Balaban J connectivity index is 2.54. The standard InChI is InChI=1S/C18H8Cl2F5NO2S/c19-9-5-7(6-10(20)14(9)21)12-13(16(23)18(25)17(24)15(12)22)8-3-1-2-4-11(8)29(26,27)28/h1-6H,(H2,26,27,28). The first-order valence-corrected chi connectivity index (χ1v) is 9.88. The fourth-order valence-electron chi connectivity index (χ4n) is 2.78. The van der Waals surface area contributed by atoms with Gasteiger partial charge in [-0.2, -0.15) is 0 Å². The molecule has 3 nitrogen and oxygen atoms in total. The van der Waals surface area contributed by atoms with Crippen molar-refractivity contribution in [3.05, 3.63) is 75.5 Å². The van der Waals surface area contributed by atoms with E-state index in [-0.39, 0.29) is 0 Å². The molecule has 0 atom stereocenters. The monoisotopic (exact) mass is 467 g/mol. The van der Waals surface area contributed by atoms with E-state index < -0.39 is 76.3 Å². The average molecular weight is 468 g/mol. The summed E-state index contributed by atoms with van der Waals surface area (Å²) in [6, 6.07) is 6.09. The SMILES string of the molecule is NS(=O)(=O)c1ccccc1-c1c(F)c(F)c(F)c(F)c1-c1cc(Cl)c(F)c(Cl)c1. The predicted octanol–water partition coefficient (Wildman–Crippen LogP) is 5.67. The summed E-state index contributed by atoms with van der Waals surface area (Å²) >= 11 is 11.4. The van der Waals surface area contributed by atoms with Crippen LogP contribution < -0.4 is 5.14 Å². The highest BCUT2D eigenvalue weighted by molar-refractivity contribution is 7.89. The molecule has 0 saturated heterocycles. The molecule has 0 spiro atoms. The van der Waals surface area contributed by atoms with Crippen LogP contribution >= 0.6 is 23.2 Å². The first kappa shape index (κ1) is 21.5. The summed E-state index contributed by atoms with van der Waals surface area (Å²) in [4.78, 5) is -0.676. The maximum absolute atomic E-state index is 14.8. The van der Waals surface area contributed by atoms with Crippen LogP contribution in [0.1, 0.15) is 0 Å². The van der Waals surface area contributed by atoms with Crippen LogP contribution in [0, 0.1) is 29.1 Å². The Morgan fingerprint density at radius 3 is 1.72 bits per heavy atom. The van der Waals surface area contributed by atoms with E-state index >= 15 is 0 Å². The molecule has 0 aliphatic carbocycles. The van der Waals surface area contributed by atoms with Crippen molar-refractivity contribution in [2.24, 2.45) is 5.14 Å². The molecule has 11 heteroatoms. The second-order valence-electron chi connectivity index (χ2n) is 5.80. The third-order valence-corrected chi connectivity index (χ3v) is 5.52. The van der Waals surface area contributed by atoms with Crippen LogP contribution in [0.2, 0.25) is 10.0 Å². The number of rotatable bonds is 3. The second-order valence-corrected chi connectivity index (χ2v) is 8.15. The maximum atomic E-state index is 14.8. The van der Waals surface area contributed by atoms with Gasteiger partial charge < -0.3 is 0 Å². The van der Waals surface area contributed by atoms with E-state index in [2.05, 4.69) is 0 Å². The summed E-state index contributed by atoms with van der Waals surface area (Å²) in [5, 5.41) is 3.89. The van der Waals surface area contributed by atoms with E-state index in [4.69, 9.17) is 28.3 Å². The summed E-state index contributed by atoms with van der Waals surface area (Å²) in [5.41, 5.74) is -2.83. The third kappa shape index (κ3) is 3.71. The predicted molar refractivity (Wildman–Crippen MR) is 98.5 cm³/mol. The van der Waals surface area contributed by atoms with E-state index in [1.807, 2.05) is 0 Å². The van der Waals surface area contributed by atoms with Crippen LogP contribution in [0.3, 0.4) is 0 Å². The summed E-state index contributed by atoms with van der Waals surface area (Å²) in [7, 11) is -4.47. The highest BCUT2D eigenvalue weighted by Crippen LogP contribution is 2.43. The van der Waals surface area contributed by atoms with E-state index in [1.54, 1.807) is 0 Å². The van der Waals surface area contributed by atoms with Gasteiger partial charge in [0.05, 0.1) is 14.9 Å². The number of sulfonamides is 1. The Morgan fingerprint density at radius 1 is 0.724 bits per heavy atom. The minimum Gasteiger partial charge on any atom is -0.225 e. The number of primary sulfonamides is 1. The van der Waals surface area contributed by atoms with Crippen molar-refractivity contribution in [3.63, 3.8) is 0 Å². The van der Waals surface area contributed by atoms with Crippen molar-refractivity contribution < 1.29 is 30.4 Å². The molecule has 0 aromatic heterocycles. The van der Waals surface area contributed by atoms with E-state index in [1.165, 1.54) is 12.1 Å². The number of benzene rings is 3. The largest absolute Gasteiger partial charge is 0.238 e. The molecule has 3 aromatic rings. The van der Waals surface area contributed by atoms with Crippen LogP contribution in [0.15, 0.2) is 41.3 Å². The minimum atomic E-state index is -4.47. The summed E-state index contributed by atoms with van der Waals surface area (Å²) in [5.74, 6) is -9.16. The number of nitrogens with two attached hydrogens (primary N) is 1. The van der Waals surface area contributed by atoms with Gasteiger partial charge in [0.15, 0.2) is 29.1 Å². The van der Waals surface area contributed by atoms with Crippen molar-refractivity contribution in [1.82, 2.24) is 0 Å². The Labute approximate surface area is 171 Å². The molecular weight excluding hydrogens is 460 g/mol. The second kappa shape index (κ2) is 7.56. The first-order valence-electron chi connectivity index (χ1n) is 7.58. The number of hydrogen-bond donors (Lipinski definition) is 1. The van der Waals surface area contributed by atoms with Gasteiger partial charge in [-0.3, -0.25) is 0 Å². The molecule has 0 fully saturated rings. The van der Waals surface area contributed by atoms with Crippen molar-refractivity contribution in [1.29, 1.82) is 0 Å². The number of hydrogen-bond acceptors (Lipinski definition) is 2. The van der Waals surface area contributed by atoms with Gasteiger partial charge in [-0.1, -0.05) is 41.4 Å². The highest BCUT2D eigenvalue weighted by Gasteiger charge is 2.30. The minimum absolute atomic E-state index is 0.420. The summed E-state index contributed by atoms with van der Waals surface area (Å²) in [6.45, 7) is 0. The van der Waals surface area contributed by atoms with Gasteiger partial charge in [-0.15, -0.1) is 0 Å². The van der Waals surface area contributed by atoms with Crippen LogP contribution in [0.5, 0.6) is 0 Å². The van der Waals surface area contributed by atoms with Crippen LogP contribution in [-0.4, -0.2) is 8.42 Å². The number of halogens is 7. The molecule has 2 N–H and O–H groups in total. The zero-order chi connectivity index (χ0) is 21.7. The van der Waals surface area contributed by atoms with Crippen molar-refractivity contribution in [2.75, 3.05) is 0 Å². The molecule has 0 saturated carbocycles. The summed E-state index contributed by atoms with van der Waals surface area (Å²) < 4.78 is 95.0. The molecule has 152 valence electrons. The highest BCUT2D eigenvalue weighted by atomic mass is 35.5. The fourth-order valence-corrected chi connectivity index (χ4v) is 4.01. The summed E-state index contributed by atoms with van der Waals surface area (Å²) in [6.07, 6.45) is 0. The molecule has 0 unspecified atom stereocenters. The van der Waals surface area contributed by atoms with E-state index in [9.17, 15) is 30.4 Å². The topological polar surface area (TPSA) is 60.2 Å². The molecule has 0 bridgehead atoms. The quantitative estimate of drug-likeness (QED) is 0.306. The molecule has 3 aromatic carbocycles. The van der Waals surface area contributed by atoms with E-state index in [0.29, 0.717) is 0 Å². The molecule has 29 heavy (non-hydrogen) atoms. The zero-order valence-corrected chi connectivity index (χ0v) is 16.2. The lowest BCUT2D eigenvalue weighted by atomic mass is 9.92. The Morgan fingerprint density at radius 2 is 1.21 bits per heavy atom. The van der Waals surface area contributed by atoms with Crippen LogP contribution in [0.4, 0.5) is 22.0 Å².